The van der Waals surface area contributed by atoms with Gasteiger partial charge in [-0.05, 0) is 24.3 Å². The van der Waals surface area contributed by atoms with Gasteiger partial charge in [0.25, 0.3) is 16.1 Å². The van der Waals surface area contributed by atoms with Crippen LogP contribution in [-0.4, -0.2) is 70.3 Å². The van der Waals surface area contributed by atoms with E-state index in [1.54, 1.807) is 33.3 Å². The summed E-state index contributed by atoms with van der Waals surface area (Å²) < 4.78 is 26.9. The summed E-state index contributed by atoms with van der Waals surface area (Å²) in [6, 6.07) is 7.33. The molecule has 1 saturated heterocycles. The molecule has 1 aliphatic heterocycles. The molecular weight excluding hydrogens is 304 g/mol. The van der Waals surface area contributed by atoms with Crippen LogP contribution in [0.3, 0.4) is 0 Å². The van der Waals surface area contributed by atoms with Crippen molar-refractivity contribution in [2.45, 2.75) is 0 Å². The molecule has 8 heteroatoms. The van der Waals surface area contributed by atoms with Crippen molar-refractivity contribution in [3.8, 4) is 0 Å². The van der Waals surface area contributed by atoms with Crippen LogP contribution in [0.1, 0.15) is 10.4 Å². The van der Waals surface area contributed by atoms with E-state index in [0.717, 1.165) is 5.69 Å². The Hall–Kier alpha value is -1.64. The fourth-order valence-corrected chi connectivity index (χ4v) is 3.46. The van der Waals surface area contributed by atoms with Gasteiger partial charge in [0, 0.05) is 58.6 Å². The van der Waals surface area contributed by atoms with E-state index < -0.39 is 10.2 Å². The third-order valence-electron chi connectivity index (χ3n) is 3.75. The van der Waals surface area contributed by atoms with E-state index in [0.29, 0.717) is 31.7 Å². The van der Waals surface area contributed by atoms with Crippen molar-refractivity contribution in [2.75, 3.05) is 52.2 Å². The predicted octanol–water partition coefficient (Wildman–Crippen LogP) is -0.0254. The average molecular weight is 326 g/mol. The zero-order valence-electron chi connectivity index (χ0n) is 13.1. The minimum atomic E-state index is -3.34. The largest absolute Gasteiger partial charge is 0.369 e. The van der Waals surface area contributed by atoms with Gasteiger partial charge in [0.15, 0.2) is 0 Å². The lowest BCUT2D eigenvalue weighted by Crippen LogP contribution is -2.51. The number of rotatable bonds is 4. The van der Waals surface area contributed by atoms with Crippen molar-refractivity contribution < 1.29 is 13.2 Å². The molecule has 7 nitrogen and oxygen atoms in total. The lowest BCUT2D eigenvalue weighted by molar-refractivity contribution is 0.0963. The standard InChI is InChI=1S/C14H22N4O3S/c1-15-14(19)12-4-6-13(7-5-12)17-8-10-18(11-9-17)22(20,21)16(2)3/h4-7H,8-11H2,1-3H3,(H,15,19). The molecule has 1 amide bonds. The summed E-state index contributed by atoms with van der Waals surface area (Å²) in [5.41, 5.74) is 1.61. The molecule has 122 valence electrons. The summed E-state index contributed by atoms with van der Waals surface area (Å²) >= 11 is 0. The number of carbonyl (C=O) groups excluding carboxylic acids is 1. The molecule has 2 rings (SSSR count). The van der Waals surface area contributed by atoms with E-state index >= 15 is 0 Å². The number of carbonyl (C=O) groups is 1. The van der Waals surface area contributed by atoms with E-state index in [1.807, 2.05) is 12.1 Å². The lowest BCUT2D eigenvalue weighted by Gasteiger charge is -2.36. The predicted molar refractivity (Wildman–Crippen MR) is 86.2 cm³/mol. The van der Waals surface area contributed by atoms with Gasteiger partial charge in [0.05, 0.1) is 0 Å². The van der Waals surface area contributed by atoms with Crippen molar-refractivity contribution in [3.63, 3.8) is 0 Å². The highest BCUT2D eigenvalue weighted by Crippen LogP contribution is 2.19. The molecule has 1 aromatic carbocycles. The molecule has 0 aliphatic carbocycles. The van der Waals surface area contributed by atoms with Crippen LogP contribution in [-0.2, 0) is 10.2 Å². The van der Waals surface area contributed by atoms with Gasteiger partial charge in [-0.25, -0.2) is 0 Å². The summed E-state index contributed by atoms with van der Waals surface area (Å²) in [6.07, 6.45) is 0. The highest BCUT2D eigenvalue weighted by atomic mass is 32.2. The van der Waals surface area contributed by atoms with E-state index in [9.17, 15) is 13.2 Å². The van der Waals surface area contributed by atoms with Gasteiger partial charge in [0.2, 0.25) is 0 Å². The summed E-state index contributed by atoms with van der Waals surface area (Å²) in [5.74, 6) is -0.117. The zero-order valence-corrected chi connectivity index (χ0v) is 13.9. The van der Waals surface area contributed by atoms with Gasteiger partial charge >= 0.3 is 0 Å². The molecule has 0 spiro atoms. The summed E-state index contributed by atoms with van der Waals surface area (Å²) in [6.45, 7) is 2.17. The number of hydrogen-bond donors (Lipinski definition) is 1. The number of piperazine rings is 1. The quantitative estimate of drug-likeness (QED) is 0.844. The Morgan fingerprint density at radius 3 is 2.09 bits per heavy atom. The number of amides is 1. The van der Waals surface area contributed by atoms with Crippen molar-refractivity contribution >= 4 is 21.8 Å². The molecule has 1 N–H and O–H groups in total. The second kappa shape index (κ2) is 6.64. The fraction of sp³-hybridized carbons (Fsp3) is 0.500. The number of hydrogen-bond acceptors (Lipinski definition) is 4. The van der Waals surface area contributed by atoms with E-state index in [-0.39, 0.29) is 5.91 Å². The van der Waals surface area contributed by atoms with Gasteiger partial charge in [-0.2, -0.15) is 17.0 Å². The molecule has 0 radical (unpaired) electrons. The number of nitrogens with zero attached hydrogens (tertiary/aromatic N) is 3. The first-order valence-electron chi connectivity index (χ1n) is 7.11. The highest BCUT2D eigenvalue weighted by molar-refractivity contribution is 7.86. The normalized spacial score (nSPS) is 16.8. The first-order valence-corrected chi connectivity index (χ1v) is 8.50. The summed E-state index contributed by atoms with van der Waals surface area (Å²) in [4.78, 5) is 13.6. The fourth-order valence-electron chi connectivity index (χ4n) is 2.38. The first kappa shape index (κ1) is 16.7. The molecule has 1 heterocycles. The molecule has 22 heavy (non-hydrogen) atoms. The van der Waals surface area contributed by atoms with Crippen LogP contribution in [0.4, 0.5) is 5.69 Å². The van der Waals surface area contributed by atoms with Gasteiger partial charge in [-0.3, -0.25) is 4.79 Å². The molecule has 1 aromatic rings. The van der Waals surface area contributed by atoms with Crippen LogP contribution in [0.5, 0.6) is 0 Å². The molecule has 1 aliphatic rings. The van der Waals surface area contributed by atoms with Crippen LogP contribution in [0.2, 0.25) is 0 Å². The lowest BCUT2D eigenvalue weighted by atomic mass is 10.1. The first-order chi connectivity index (χ1) is 10.4. The van der Waals surface area contributed by atoms with Crippen LogP contribution < -0.4 is 10.2 Å². The molecule has 0 aromatic heterocycles. The van der Waals surface area contributed by atoms with Crippen LogP contribution >= 0.6 is 0 Å². The SMILES string of the molecule is CNC(=O)c1ccc(N2CCN(S(=O)(=O)N(C)C)CC2)cc1. The average Bonchev–Trinajstić information content (AvgIpc) is 2.54. The van der Waals surface area contributed by atoms with Crippen molar-refractivity contribution in [1.82, 2.24) is 13.9 Å². The Balaban J connectivity index is 2.01. The van der Waals surface area contributed by atoms with Gasteiger partial charge < -0.3 is 10.2 Å². The van der Waals surface area contributed by atoms with Crippen LogP contribution in [0.25, 0.3) is 0 Å². The maximum atomic E-state index is 12.1. The Labute approximate surface area is 131 Å². The number of benzene rings is 1. The monoisotopic (exact) mass is 326 g/mol. The Morgan fingerprint density at radius 1 is 1.09 bits per heavy atom. The Kier molecular flexibility index (Phi) is 5.05. The molecule has 0 unspecified atom stereocenters. The summed E-state index contributed by atoms with van der Waals surface area (Å²) in [7, 11) is 1.34. The minimum absolute atomic E-state index is 0.117. The maximum Gasteiger partial charge on any atom is 0.281 e. The van der Waals surface area contributed by atoms with E-state index in [2.05, 4.69) is 10.2 Å². The van der Waals surface area contributed by atoms with Gasteiger partial charge in [0.1, 0.15) is 0 Å². The molecule has 0 saturated carbocycles. The number of anilines is 1. The van der Waals surface area contributed by atoms with E-state index in [4.69, 9.17) is 0 Å². The molecular formula is C14H22N4O3S. The van der Waals surface area contributed by atoms with Gasteiger partial charge in [-0.1, -0.05) is 0 Å². The highest BCUT2D eigenvalue weighted by Gasteiger charge is 2.28. The number of nitrogens with one attached hydrogen (secondary N) is 1. The Morgan fingerprint density at radius 2 is 1.64 bits per heavy atom. The third kappa shape index (κ3) is 3.40. The van der Waals surface area contributed by atoms with Crippen molar-refractivity contribution in [3.05, 3.63) is 29.8 Å². The second-order valence-corrected chi connectivity index (χ2v) is 7.44. The molecule has 0 bridgehead atoms. The summed E-state index contributed by atoms with van der Waals surface area (Å²) in [5, 5.41) is 2.58. The third-order valence-corrected chi connectivity index (χ3v) is 5.69. The van der Waals surface area contributed by atoms with Gasteiger partial charge in [-0.15, -0.1) is 0 Å². The minimum Gasteiger partial charge on any atom is -0.369 e. The van der Waals surface area contributed by atoms with Crippen LogP contribution in [0.15, 0.2) is 24.3 Å². The van der Waals surface area contributed by atoms with Crippen LogP contribution in [0, 0.1) is 0 Å². The topological polar surface area (TPSA) is 73.0 Å². The van der Waals surface area contributed by atoms with Crippen molar-refractivity contribution in [1.29, 1.82) is 0 Å². The van der Waals surface area contributed by atoms with E-state index in [1.165, 1.54) is 8.61 Å². The molecule has 0 atom stereocenters. The Bertz CT molecular complexity index is 620. The second-order valence-electron chi connectivity index (χ2n) is 5.30. The van der Waals surface area contributed by atoms with Crippen molar-refractivity contribution in [2.24, 2.45) is 0 Å². The smallest absolute Gasteiger partial charge is 0.281 e. The molecule has 1 fully saturated rings. The maximum absolute atomic E-state index is 12.1. The zero-order chi connectivity index (χ0) is 16.3.